The van der Waals surface area contributed by atoms with Crippen molar-refractivity contribution in [2.75, 3.05) is 13.7 Å². The number of nitrogens with zero attached hydrogens (tertiary/aromatic N) is 1. The Bertz CT molecular complexity index is 535. The molecule has 114 valence electrons. The van der Waals surface area contributed by atoms with Gasteiger partial charge in [-0.2, -0.15) is 0 Å². The zero-order valence-electron chi connectivity index (χ0n) is 12.1. The molecular weight excluding hydrogens is 275 g/mol. The molecule has 1 saturated heterocycles. The molecule has 1 aliphatic rings. The summed E-state index contributed by atoms with van der Waals surface area (Å²) >= 11 is 0. The lowest BCUT2D eigenvalue weighted by Gasteiger charge is -2.22. The molecule has 21 heavy (non-hydrogen) atoms. The van der Waals surface area contributed by atoms with Crippen LogP contribution in [0.25, 0.3) is 0 Å². The predicted octanol–water partition coefficient (Wildman–Crippen LogP) is 1.33. The SMILES string of the molecule is C[C@H](COc1cccc(F)c1)NC(=O)[C@H]1CCC(=O)N1C. The van der Waals surface area contributed by atoms with Crippen molar-refractivity contribution in [3.8, 4) is 5.75 Å². The lowest BCUT2D eigenvalue weighted by atomic mass is 10.2. The summed E-state index contributed by atoms with van der Waals surface area (Å²) in [4.78, 5) is 24.9. The van der Waals surface area contributed by atoms with E-state index in [1.54, 1.807) is 26.1 Å². The Morgan fingerprint density at radius 2 is 2.33 bits per heavy atom. The third-order valence-electron chi connectivity index (χ3n) is 3.48. The van der Waals surface area contributed by atoms with Gasteiger partial charge in [0.05, 0.1) is 6.04 Å². The standard InChI is InChI=1S/C15H19FN2O3/c1-10(9-21-12-5-3-4-11(16)8-12)17-15(20)13-6-7-14(19)18(13)2/h3-5,8,10,13H,6-7,9H2,1-2H3,(H,17,20)/t10-,13-/m1/s1. The van der Waals surface area contributed by atoms with Crippen LogP contribution in [-0.2, 0) is 9.59 Å². The first-order valence-electron chi connectivity index (χ1n) is 6.92. The Morgan fingerprint density at radius 1 is 1.57 bits per heavy atom. The van der Waals surface area contributed by atoms with Crippen molar-refractivity contribution < 1.29 is 18.7 Å². The van der Waals surface area contributed by atoms with Gasteiger partial charge in [0.2, 0.25) is 11.8 Å². The van der Waals surface area contributed by atoms with Gasteiger partial charge in [-0.15, -0.1) is 0 Å². The van der Waals surface area contributed by atoms with Gasteiger partial charge in [-0.05, 0) is 25.5 Å². The summed E-state index contributed by atoms with van der Waals surface area (Å²) in [5.41, 5.74) is 0. The zero-order valence-corrected chi connectivity index (χ0v) is 12.1. The van der Waals surface area contributed by atoms with Crippen LogP contribution < -0.4 is 10.1 Å². The van der Waals surface area contributed by atoms with Gasteiger partial charge in [-0.3, -0.25) is 9.59 Å². The third kappa shape index (κ3) is 3.93. The van der Waals surface area contributed by atoms with E-state index in [9.17, 15) is 14.0 Å². The summed E-state index contributed by atoms with van der Waals surface area (Å²) < 4.78 is 18.4. The van der Waals surface area contributed by atoms with Crippen LogP contribution in [0.15, 0.2) is 24.3 Å². The molecule has 1 aromatic rings. The number of nitrogens with one attached hydrogen (secondary N) is 1. The monoisotopic (exact) mass is 294 g/mol. The molecular formula is C15H19FN2O3. The van der Waals surface area contributed by atoms with E-state index in [0.717, 1.165) is 0 Å². The fourth-order valence-corrected chi connectivity index (χ4v) is 2.27. The quantitative estimate of drug-likeness (QED) is 0.891. The number of carbonyl (C=O) groups is 2. The second-order valence-corrected chi connectivity index (χ2v) is 5.24. The number of amides is 2. The average molecular weight is 294 g/mol. The number of rotatable bonds is 5. The van der Waals surface area contributed by atoms with E-state index in [1.165, 1.54) is 17.0 Å². The van der Waals surface area contributed by atoms with Crippen LogP contribution in [0, 0.1) is 5.82 Å². The van der Waals surface area contributed by atoms with E-state index in [0.29, 0.717) is 18.6 Å². The van der Waals surface area contributed by atoms with Gasteiger partial charge in [-0.1, -0.05) is 6.07 Å². The molecule has 6 heteroatoms. The number of halogens is 1. The highest BCUT2D eigenvalue weighted by Gasteiger charge is 2.33. The Balaban J connectivity index is 1.80. The molecule has 1 heterocycles. The minimum atomic E-state index is -0.408. The first-order valence-corrected chi connectivity index (χ1v) is 6.92. The summed E-state index contributed by atoms with van der Waals surface area (Å²) in [6, 6.07) is 5.20. The highest BCUT2D eigenvalue weighted by atomic mass is 19.1. The topological polar surface area (TPSA) is 58.6 Å². The van der Waals surface area contributed by atoms with Gasteiger partial charge in [-0.25, -0.2) is 4.39 Å². The lowest BCUT2D eigenvalue weighted by Crippen LogP contribution is -2.47. The van der Waals surface area contributed by atoms with E-state index in [4.69, 9.17) is 4.74 Å². The molecule has 1 aliphatic heterocycles. The number of likely N-dealkylation sites (tertiary alicyclic amines) is 1. The van der Waals surface area contributed by atoms with Crippen molar-refractivity contribution in [2.24, 2.45) is 0 Å². The van der Waals surface area contributed by atoms with Crippen LogP contribution in [0.2, 0.25) is 0 Å². The van der Waals surface area contributed by atoms with Crippen LogP contribution >= 0.6 is 0 Å². The van der Waals surface area contributed by atoms with E-state index >= 15 is 0 Å². The molecule has 1 N–H and O–H groups in total. The number of benzene rings is 1. The van der Waals surface area contributed by atoms with Gasteiger partial charge in [0, 0.05) is 19.5 Å². The van der Waals surface area contributed by atoms with Gasteiger partial charge in [0.25, 0.3) is 0 Å². The molecule has 2 atom stereocenters. The van der Waals surface area contributed by atoms with Gasteiger partial charge in [0.15, 0.2) is 0 Å². The fourth-order valence-electron chi connectivity index (χ4n) is 2.27. The van der Waals surface area contributed by atoms with Gasteiger partial charge in [0.1, 0.15) is 24.2 Å². The van der Waals surface area contributed by atoms with Gasteiger partial charge < -0.3 is 15.0 Å². The van der Waals surface area contributed by atoms with Gasteiger partial charge >= 0.3 is 0 Å². The number of ether oxygens (including phenoxy) is 1. The number of hydrogen-bond acceptors (Lipinski definition) is 3. The molecule has 0 spiro atoms. The molecule has 0 aromatic heterocycles. The Morgan fingerprint density at radius 3 is 2.95 bits per heavy atom. The van der Waals surface area contributed by atoms with Crippen molar-refractivity contribution in [3.63, 3.8) is 0 Å². The maximum atomic E-state index is 13.0. The van der Waals surface area contributed by atoms with Crippen LogP contribution in [0.4, 0.5) is 4.39 Å². The average Bonchev–Trinajstić information content (AvgIpc) is 2.77. The zero-order chi connectivity index (χ0) is 15.4. The molecule has 0 bridgehead atoms. The summed E-state index contributed by atoms with van der Waals surface area (Å²) in [5.74, 6) is -0.142. The predicted molar refractivity (Wildman–Crippen MR) is 75.3 cm³/mol. The first kappa shape index (κ1) is 15.3. The summed E-state index contributed by atoms with van der Waals surface area (Å²) in [7, 11) is 1.63. The van der Waals surface area contributed by atoms with Crippen molar-refractivity contribution >= 4 is 11.8 Å². The number of likely N-dealkylation sites (N-methyl/N-ethyl adjacent to an activating group) is 1. The molecule has 2 rings (SSSR count). The van der Waals surface area contributed by atoms with Crippen LogP contribution in [0.5, 0.6) is 5.75 Å². The van der Waals surface area contributed by atoms with Crippen molar-refractivity contribution in [3.05, 3.63) is 30.1 Å². The van der Waals surface area contributed by atoms with Crippen LogP contribution in [-0.4, -0.2) is 42.5 Å². The maximum absolute atomic E-state index is 13.0. The molecule has 1 aromatic carbocycles. The minimum absolute atomic E-state index is 0.0150. The summed E-state index contributed by atoms with van der Waals surface area (Å²) in [6.45, 7) is 2.04. The number of hydrogen-bond donors (Lipinski definition) is 1. The van der Waals surface area contributed by atoms with E-state index in [1.807, 2.05) is 0 Å². The maximum Gasteiger partial charge on any atom is 0.243 e. The van der Waals surface area contributed by atoms with E-state index < -0.39 is 6.04 Å². The Kier molecular flexibility index (Phi) is 4.77. The Hall–Kier alpha value is -2.11. The lowest BCUT2D eigenvalue weighted by molar-refractivity contribution is -0.134. The molecule has 0 radical (unpaired) electrons. The third-order valence-corrected chi connectivity index (χ3v) is 3.48. The molecule has 2 amide bonds. The molecule has 1 fully saturated rings. The molecule has 0 saturated carbocycles. The normalized spacial score (nSPS) is 19.5. The summed E-state index contributed by atoms with van der Waals surface area (Å²) in [6.07, 6.45) is 0.946. The van der Waals surface area contributed by atoms with Crippen molar-refractivity contribution in [1.29, 1.82) is 0 Å². The van der Waals surface area contributed by atoms with Crippen LogP contribution in [0.1, 0.15) is 19.8 Å². The Labute approximate surface area is 123 Å². The van der Waals surface area contributed by atoms with Crippen molar-refractivity contribution in [1.82, 2.24) is 10.2 Å². The number of carbonyl (C=O) groups excluding carboxylic acids is 2. The van der Waals surface area contributed by atoms with Crippen molar-refractivity contribution in [2.45, 2.75) is 31.8 Å². The molecule has 0 aliphatic carbocycles. The smallest absolute Gasteiger partial charge is 0.243 e. The summed E-state index contributed by atoms with van der Waals surface area (Å²) in [5, 5.41) is 2.81. The fraction of sp³-hybridized carbons (Fsp3) is 0.467. The van der Waals surface area contributed by atoms with E-state index in [2.05, 4.69) is 5.32 Å². The largest absolute Gasteiger partial charge is 0.491 e. The second kappa shape index (κ2) is 6.56. The molecule has 5 nitrogen and oxygen atoms in total. The van der Waals surface area contributed by atoms with Crippen LogP contribution in [0.3, 0.4) is 0 Å². The highest BCUT2D eigenvalue weighted by Crippen LogP contribution is 2.16. The molecule has 0 unspecified atom stereocenters. The van der Waals surface area contributed by atoms with E-state index in [-0.39, 0.29) is 30.3 Å². The minimum Gasteiger partial charge on any atom is -0.491 e. The second-order valence-electron chi connectivity index (χ2n) is 5.24. The highest BCUT2D eigenvalue weighted by molar-refractivity contribution is 5.90. The first-order chi connectivity index (χ1) is 9.97.